The van der Waals surface area contributed by atoms with E-state index in [0.717, 1.165) is 11.1 Å². The molecule has 1 saturated carbocycles. The number of aliphatic hydroxyl groups is 1. The van der Waals surface area contributed by atoms with Crippen LogP contribution in [-0.4, -0.2) is 28.1 Å². The maximum absolute atomic E-state index is 12.5. The minimum absolute atomic E-state index is 0.165. The summed E-state index contributed by atoms with van der Waals surface area (Å²) >= 11 is 0. The van der Waals surface area contributed by atoms with Crippen molar-refractivity contribution >= 4 is 17.3 Å². The molecule has 0 saturated heterocycles. The summed E-state index contributed by atoms with van der Waals surface area (Å²) in [6.07, 6.45) is -0.165. The summed E-state index contributed by atoms with van der Waals surface area (Å²) in [4.78, 5) is 36.9. The largest absolute Gasteiger partial charge is 0.389 e. The predicted molar refractivity (Wildman–Crippen MR) is 91.9 cm³/mol. The van der Waals surface area contributed by atoms with Gasteiger partial charge in [0.25, 0.3) is 0 Å². The van der Waals surface area contributed by atoms with Gasteiger partial charge in [-0.3, -0.25) is 14.4 Å². The van der Waals surface area contributed by atoms with Gasteiger partial charge in [-0.25, -0.2) is 0 Å². The Morgan fingerprint density at radius 1 is 1.12 bits per heavy atom. The predicted octanol–water partition coefficient (Wildman–Crippen LogP) is 3.03. The Hall–Kier alpha value is -1.81. The minimum Gasteiger partial charge on any atom is -0.389 e. The first-order valence-electron chi connectivity index (χ1n) is 8.42. The van der Waals surface area contributed by atoms with E-state index in [1.807, 2.05) is 24.3 Å². The summed E-state index contributed by atoms with van der Waals surface area (Å²) in [7, 11) is 0. The number of benzene rings is 1. The second-order valence-corrected chi connectivity index (χ2v) is 7.52. The van der Waals surface area contributed by atoms with Crippen LogP contribution in [0.3, 0.4) is 0 Å². The molecule has 0 aliphatic heterocycles. The van der Waals surface area contributed by atoms with Crippen molar-refractivity contribution in [3.63, 3.8) is 0 Å². The van der Waals surface area contributed by atoms with Gasteiger partial charge in [-0.05, 0) is 37.8 Å². The molecule has 4 heteroatoms. The lowest BCUT2D eigenvalue weighted by Crippen LogP contribution is -2.53. The van der Waals surface area contributed by atoms with E-state index in [9.17, 15) is 19.5 Å². The highest BCUT2D eigenvalue weighted by Gasteiger charge is 2.53. The van der Waals surface area contributed by atoms with Crippen molar-refractivity contribution in [2.45, 2.75) is 58.5 Å². The van der Waals surface area contributed by atoms with E-state index in [2.05, 4.69) is 13.8 Å². The summed E-state index contributed by atoms with van der Waals surface area (Å²) in [5, 5.41) is 10.7. The zero-order chi connectivity index (χ0) is 18.2. The Morgan fingerprint density at radius 2 is 1.67 bits per heavy atom. The van der Waals surface area contributed by atoms with Gasteiger partial charge in [0.15, 0.2) is 0 Å². The first-order chi connectivity index (χ1) is 11.1. The zero-order valence-electron chi connectivity index (χ0n) is 15.0. The Balaban J connectivity index is 2.58. The summed E-state index contributed by atoms with van der Waals surface area (Å²) in [5.74, 6) is -2.63. The molecule has 1 aromatic rings. The molecule has 24 heavy (non-hydrogen) atoms. The fraction of sp³-hybridized carbons (Fsp3) is 0.550. The maximum atomic E-state index is 12.5. The molecule has 1 aromatic carbocycles. The molecule has 0 amide bonds. The highest BCUT2D eigenvalue weighted by atomic mass is 16.3. The van der Waals surface area contributed by atoms with Gasteiger partial charge < -0.3 is 5.11 Å². The van der Waals surface area contributed by atoms with Crippen LogP contribution in [-0.2, 0) is 14.4 Å². The average molecular weight is 330 g/mol. The molecule has 1 fully saturated rings. The normalized spacial score (nSPS) is 30.5. The summed E-state index contributed by atoms with van der Waals surface area (Å²) in [6, 6.07) is 7.67. The minimum atomic E-state index is -1.43. The van der Waals surface area contributed by atoms with Gasteiger partial charge in [-0.2, -0.15) is 0 Å². The van der Waals surface area contributed by atoms with Gasteiger partial charge in [0, 0.05) is 12.3 Å². The van der Waals surface area contributed by atoms with E-state index in [0.29, 0.717) is 5.92 Å². The van der Waals surface area contributed by atoms with Crippen LogP contribution in [0.1, 0.15) is 64.0 Å². The summed E-state index contributed by atoms with van der Waals surface area (Å²) in [5.41, 5.74) is 0.468. The number of hydrogen-bond donors (Lipinski definition) is 1. The summed E-state index contributed by atoms with van der Waals surface area (Å²) < 4.78 is 0. The van der Waals surface area contributed by atoms with Crippen molar-refractivity contribution in [2.24, 2.45) is 11.8 Å². The smallest absolute Gasteiger partial charge is 0.146 e. The van der Waals surface area contributed by atoms with E-state index in [1.54, 1.807) is 0 Å². The van der Waals surface area contributed by atoms with Gasteiger partial charge in [0.05, 0.1) is 17.4 Å². The van der Waals surface area contributed by atoms with Crippen molar-refractivity contribution in [3.8, 4) is 0 Å². The monoisotopic (exact) mass is 330 g/mol. The van der Waals surface area contributed by atoms with Gasteiger partial charge in [0.2, 0.25) is 0 Å². The second kappa shape index (κ2) is 6.60. The molecule has 2 rings (SSSR count). The van der Waals surface area contributed by atoms with Crippen LogP contribution in [0.2, 0.25) is 0 Å². The molecular formula is C20H26O4. The first kappa shape index (κ1) is 18.5. The molecule has 1 aliphatic rings. The Bertz CT molecular complexity index is 655. The van der Waals surface area contributed by atoms with Gasteiger partial charge >= 0.3 is 0 Å². The fourth-order valence-electron chi connectivity index (χ4n) is 4.01. The SMILES string of the molecule is CC(=O)[C@H]1C(=O)C[C@](C)(O)[C@@H](C(C)=O)[C@@H]1c1ccc(C(C)C)cc1. The topological polar surface area (TPSA) is 71.4 Å². The van der Waals surface area contributed by atoms with Crippen molar-refractivity contribution in [1.29, 1.82) is 0 Å². The van der Waals surface area contributed by atoms with Gasteiger partial charge in [0.1, 0.15) is 17.3 Å². The third-order valence-electron chi connectivity index (χ3n) is 5.13. The molecule has 1 N–H and O–H groups in total. The first-order valence-corrected chi connectivity index (χ1v) is 8.42. The van der Waals surface area contributed by atoms with Crippen LogP contribution >= 0.6 is 0 Å². The highest BCUT2D eigenvalue weighted by Crippen LogP contribution is 2.46. The number of carbonyl (C=O) groups excluding carboxylic acids is 3. The summed E-state index contributed by atoms with van der Waals surface area (Å²) in [6.45, 7) is 8.49. The molecule has 130 valence electrons. The average Bonchev–Trinajstić information content (AvgIpc) is 2.44. The van der Waals surface area contributed by atoms with E-state index in [4.69, 9.17) is 0 Å². The number of Topliss-reactive ketones (excluding diaryl/α,β-unsaturated/α-hetero) is 3. The molecule has 4 nitrogen and oxygen atoms in total. The quantitative estimate of drug-likeness (QED) is 0.861. The van der Waals surface area contributed by atoms with Crippen LogP contribution < -0.4 is 0 Å². The van der Waals surface area contributed by atoms with Gasteiger partial charge in [-0.1, -0.05) is 38.1 Å². The molecular weight excluding hydrogens is 304 g/mol. The lowest BCUT2D eigenvalue weighted by Gasteiger charge is -2.44. The maximum Gasteiger partial charge on any atom is 0.146 e. The van der Waals surface area contributed by atoms with Gasteiger partial charge in [-0.15, -0.1) is 0 Å². The number of ketones is 3. The molecule has 1 aliphatic carbocycles. The molecule has 0 spiro atoms. The molecule has 0 aromatic heterocycles. The zero-order valence-corrected chi connectivity index (χ0v) is 15.0. The van der Waals surface area contributed by atoms with Crippen LogP contribution in [0.5, 0.6) is 0 Å². The number of rotatable bonds is 4. The number of hydrogen-bond acceptors (Lipinski definition) is 4. The lowest BCUT2D eigenvalue weighted by atomic mass is 9.60. The Morgan fingerprint density at radius 3 is 2.08 bits per heavy atom. The standard InChI is InChI=1S/C20H26O4/c1-11(2)14-6-8-15(9-7-14)18-17(12(3)21)16(23)10-20(5,24)19(18)13(4)22/h6-9,11,17-19,24H,10H2,1-5H3/t17-,18+,19-,20-/m0/s1. The molecule has 0 heterocycles. The van der Waals surface area contributed by atoms with Crippen molar-refractivity contribution in [3.05, 3.63) is 35.4 Å². The molecule has 4 atom stereocenters. The molecule has 0 radical (unpaired) electrons. The van der Waals surface area contributed by atoms with E-state index >= 15 is 0 Å². The molecule has 0 bridgehead atoms. The molecule has 0 unspecified atom stereocenters. The lowest BCUT2D eigenvalue weighted by molar-refractivity contribution is -0.151. The van der Waals surface area contributed by atoms with Crippen LogP contribution in [0.15, 0.2) is 24.3 Å². The van der Waals surface area contributed by atoms with Crippen LogP contribution in [0, 0.1) is 11.8 Å². The highest BCUT2D eigenvalue weighted by molar-refractivity contribution is 6.05. The van der Waals surface area contributed by atoms with Crippen molar-refractivity contribution < 1.29 is 19.5 Å². The third kappa shape index (κ3) is 3.34. The fourth-order valence-corrected chi connectivity index (χ4v) is 4.01. The van der Waals surface area contributed by atoms with Crippen molar-refractivity contribution in [1.82, 2.24) is 0 Å². The number of carbonyl (C=O) groups is 3. The van der Waals surface area contributed by atoms with E-state index in [1.165, 1.54) is 20.8 Å². The van der Waals surface area contributed by atoms with Crippen LogP contribution in [0.4, 0.5) is 0 Å². The second-order valence-electron chi connectivity index (χ2n) is 7.52. The van der Waals surface area contributed by atoms with E-state index < -0.39 is 23.4 Å². The third-order valence-corrected chi connectivity index (χ3v) is 5.13. The van der Waals surface area contributed by atoms with E-state index in [-0.39, 0.29) is 23.8 Å². The Kier molecular flexibility index (Phi) is 5.09. The van der Waals surface area contributed by atoms with Crippen molar-refractivity contribution in [2.75, 3.05) is 0 Å². The van der Waals surface area contributed by atoms with Crippen LogP contribution in [0.25, 0.3) is 0 Å². The Labute approximate surface area is 143 Å².